The van der Waals surface area contributed by atoms with Gasteiger partial charge < -0.3 is 15.2 Å². The van der Waals surface area contributed by atoms with E-state index in [9.17, 15) is 32.7 Å². The number of benzene rings is 3. The van der Waals surface area contributed by atoms with E-state index in [0.717, 1.165) is 29.2 Å². The van der Waals surface area contributed by atoms with E-state index in [4.69, 9.17) is 16.3 Å². The lowest BCUT2D eigenvalue weighted by molar-refractivity contribution is -0.138. The number of carboxylic acid groups (broad SMARTS) is 1. The Bertz CT molecular complexity index is 1920. The van der Waals surface area contributed by atoms with Crippen LogP contribution in [0.4, 0.5) is 17.6 Å². The van der Waals surface area contributed by atoms with E-state index in [0.29, 0.717) is 34.6 Å². The van der Waals surface area contributed by atoms with E-state index in [1.807, 2.05) is 13.0 Å². The number of amides is 1. The van der Waals surface area contributed by atoms with Gasteiger partial charge in [0.05, 0.1) is 18.0 Å². The Labute approximate surface area is 259 Å². The zero-order valence-corrected chi connectivity index (χ0v) is 24.4. The summed E-state index contributed by atoms with van der Waals surface area (Å²) >= 11 is 6.53. The fourth-order valence-electron chi connectivity index (χ4n) is 5.74. The molecule has 0 radical (unpaired) electrons. The van der Waals surface area contributed by atoms with Crippen LogP contribution in [0, 0.1) is 12.7 Å². The predicted molar refractivity (Wildman–Crippen MR) is 157 cm³/mol. The summed E-state index contributed by atoms with van der Waals surface area (Å²) in [5.41, 5.74) is -0.172. The van der Waals surface area contributed by atoms with Crippen molar-refractivity contribution in [3.63, 3.8) is 0 Å². The van der Waals surface area contributed by atoms with Crippen molar-refractivity contribution < 1.29 is 37.0 Å². The lowest BCUT2D eigenvalue weighted by Crippen LogP contribution is -2.40. The van der Waals surface area contributed by atoms with E-state index in [1.165, 1.54) is 24.3 Å². The molecule has 1 saturated carbocycles. The van der Waals surface area contributed by atoms with Gasteiger partial charge in [-0.15, -0.1) is 0 Å². The SMILES string of the molecule is Cc1cccc2c1-c1cc(C3CC3)c(F)c(c1)[C@@H](CC(=O)O)NC(=O)[C@@H](n1ccc(C(F)(F)F)cc1=O)c1cc(ccc1Cl)O2. The molecule has 1 aliphatic carbocycles. The summed E-state index contributed by atoms with van der Waals surface area (Å²) in [6, 6.07) is 10.7. The van der Waals surface area contributed by atoms with Crippen molar-refractivity contribution in [3.8, 4) is 22.6 Å². The summed E-state index contributed by atoms with van der Waals surface area (Å²) in [7, 11) is 0. The van der Waals surface area contributed by atoms with Crippen LogP contribution in [0.3, 0.4) is 0 Å². The highest BCUT2D eigenvalue weighted by molar-refractivity contribution is 6.31. The maximum Gasteiger partial charge on any atom is 0.416 e. The summed E-state index contributed by atoms with van der Waals surface area (Å²) in [5, 5.41) is 12.4. The molecule has 2 aliphatic rings. The number of hydrogen-bond acceptors (Lipinski definition) is 4. The monoisotopic (exact) mass is 640 g/mol. The van der Waals surface area contributed by atoms with E-state index in [1.54, 1.807) is 18.2 Å². The van der Waals surface area contributed by atoms with Gasteiger partial charge in [-0.05, 0) is 84.8 Å². The van der Waals surface area contributed by atoms with Gasteiger partial charge in [-0.3, -0.25) is 19.0 Å². The molecule has 4 aromatic rings. The highest BCUT2D eigenvalue weighted by Crippen LogP contribution is 2.47. The summed E-state index contributed by atoms with van der Waals surface area (Å²) in [6.45, 7) is 1.84. The third kappa shape index (κ3) is 5.92. The topological polar surface area (TPSA) is 97.6 Å². The van der Waals surface area contributed by atoms with Crippen molar-refractivity contribution in [3.05, 3.63) is 116 Å². The molecule has 0 unspecified atom stereocenters. The number of carbonyl (C=O) groups excluding carboxylic acids is 1. The average molecular weight is 641 g/mol. The fraction of sp³-hybridized carbons (Fsp3) is 0.242. The number of pyridine rings is 1. The van der Waals surface area contributed by atoms with Crippen LogP contribution < -0.4 is 15.6 Å². The van der Waals surface area contributed by atoms with Crippen LogP contribution in [0.25, 0.3) is 11.1 Å². The molecule has 2 heterocycles. The number of aliphatic carboxylic acids is 1. The van der Waals surface area contributed by atoms with Gasteiger partial charge in [-0.1, -0.05) is 23.7 Å². The molecule has 12 heteroatoms. The molecule has 45 heavy (non-hydrogen) atoms. The summed E-state index contributed by atoms with van der Waals surface area (Å²) < 4.78 is 63.4. The van der Waals surface area contributed by atoms with Crippen molar-refractivity contribution in [2.45, 2.75) is 50.4 Å². The predicted octanol–water partition coefficient (Wildman–Crippen LogP) is 7.54. The molecule has 0 saturated heterocycles. The lowest BCUT2D eigenvalue weighted by atomic mass is 9.90. The molecule has 232 valence electrons. The molecular formula is C33H25ClF4N2O5. The molecule has 1 fully saturated rings. The zero-order valence-electron chi connectivity index (χ0n) is 23.6. The van der Waals surface area contributed by atoms with Crippen molar-refractivity contribution in [1.29, 1.82) is 0 Å². The summed E-state index contributed by atoms with van der Waals surface area (Å²) in [6.07, 6.45) is -3.27. The molecule has 1 aromatic heterocycles. The number of alkyl halides is 3. The van der Waals surface area contributed by atoms with Crippen LogP contribution >= 0.6 is 11.6 Å². The minimum absolute atomic E-state index is 0.0121. The third-order valence-corrected chi connectivity index (χ3v) is 8.38. The molecule has 6 rings (SSSR count). The standard InChI is InChI=1S/C33H25ClF4N2O5/c1-16-3-2-4-26-29(16)18-11-21(17-5-6-17)30(35)23(12-18)25(15-28(42)43)39-32(44)31(22-14-20(45-26)7-8-24(22)34)40-10-9-19(13-27(40)41)33(36,37)38/h2-4,7-14,17,25,31H,5-6,15H2,1H3,(H,39,44)(H,42,43)/t25-,31+/m1/s1. The largest absolute Gasteiger partial charge is 0.481 e. The second-order valence-corrected chi connectivity index (χ2v) is 11.6. The number of ether oxygens (including phenoxy) is 1. The normalized spacial score (nSPS) is 18.0. The zero-order chi connectivity index (χ0) is 32.2. The number of hydrogen-bond donors (Lipinski definition) is 2. The highest BCUT2D eigenvalue weighted by atomic mass is 35.5. The van der Waals surface area contributed by atoms with Crippen LogP contribution in [0.2, 0.25) is 5.02 Å². The van der Waals surface area contributed by atoms with Crippen LogP contribution in [0.15, 0.2) is 71.7 Å². The number of nitrogens with one attached hydrogen (secondary N) is 1. The van der Waals surface area contributed by atoms with Gasteiger partial charge in [0, 0.05) is 34.0 Å². The van der Waals surface area contributed by atoms with Gasteiger partial charge >= 0.3 is 12.1 Å². The molecule has 1 amide bonds. The first-order valence-corrected chi connectivity index (χ1v) is 14.4. The Kier molecular flexibility index (Phi) is 7.68. The highest BCUT2D eigenvalue weighted by Gasteiger charge is 2.36. The van der Waals surface area contributed by atoms with Crippen molar-refractivity contribution >= 4 is 23.5 Å². The summed E-state index contributed by atoms with van der Waals surface area (Å²) in [4.78, 5) is 39.3. The maximum absolute atomic E-state index is 16.2. The number of carboxylic acids is 1. The molecule has 4 bridgehead atoms. The Morgan fingerprint density at radius 3 is 2.44 bits per heavy atom. The molecule has 0 spiro atoms. The van der Waals surface area contributed by atoms with Gasteiger partial charge in [0.1, 0.15) is 23.4 Å². The molecule has 2 atom stereocenters. The number of fused-ring (bicyclic) bond motifs is 6. The minimum Gasteiger partial charge on any atom is -0.481 e. The van der Waals surface area contributed by atoms with Crippen LogP contribution in [-0.4, -0.2) is 21.6 Å². The number of halogens is 5. The number of carbonyl (C=O) groups is 2. The smallest absolute Gasteiger partial charge is 0.416 e. The minimum atomic E-state index is -4.82. The lowest BCUT2D eigenvalue weighted by Gasteiger charge is -2.26. The van der Waals surface area contributed by atoms with E-state index in [-0.39, 0.29) is 27.8 Å². The Balaban J connectivity index is 1.63. The van der Waals surface area contributed by atoms with Crippen molar-refractivity contribution in [2.24, 2.45) is 0 Å². The number of aryl methyl sites for hydroxylation is 1. The third-order valence-electron chi connectivity index (χ3n) is 8.03. The van der Waals surface area contributed by atoms with Crippen LogP contribution in [0.5, 0.6) is 11.5 Å². The maximum atomic E-state index is 16.2. The molecular weight excluding hydrogens is 616 g/mol. The Morgan fingerprint density at radius 2 is 1.78 bits per heavy atom. The van der Waals surface area contributed by atoms with Crippen molar-refractivity contribution in [2.75, 3.05) is 0 Å². The second-order valence-electron chi connectivity index (χ2n) is 11.2. The van der Waals surface area contributed by atoms with Gasteiger partial charge in [0.2, 0.25) is 5.91 Å². The van der Waals surface area contributed by atoms with Crippen molar-refractivity contribution in [1.82, 2.24) is 9.88 Å². The molecule has 7 nitrogen and oxygen atoms in total. The van der Waals surface area contributed by atoms with E-state index in [2.05, 4.69) is 5.32 Å². The average Bonchev–Trinajstić information content (AvgIpc) is 3.80. The quantitative estimate of drug-likeness (QED) is 0.225. The van der Waals surface area contributed by atoms with E-state index < -0.39 is 53.5 Å². The summed E-state index contributed by atoms with van der Waals surface area (Å²) in [5.74, 6) is -2.52. The first kappa shape index (κ1) is 30.4. The number of rotatable bonds is 4. The molecule has 3 aromatic carbocycles. The molecule has 2 N–H and O–H groups in total. The van der Waals surface area contributed by atoms with Crippen LogP contribution in [0.1, 0.15) is 65.1 Å². The van der Waals surface area contributed by atoms with Gasteiger partial charge in [-0.2, -0.15) is 13.2 Å². The fourth-order valence-corrected chi connectivity index (χ4v) is 5.96. The first-order valence-electron chi connectivity index (χ1n) is 14.0. The Hall–Kier alpha value is -4.64. The Morgan fingerprint density at radius 1 is 1.04 bits per heavy atom. The second kappa shape index (κ2) is 11.4. The van der Waals surface area contributed by atoms with E-state index >= 15 is 4.39 Å². The molecule has 1 aliphatic heterocycles. The van der Waals surface area contributed by atoms with Crippen LogP contribution in [-0.2, 0) is 15.8 Å². The number of aromatic nitrogens is 1. The number of nitrogens with zero attached hydrogens (tertiary/aromatic N) is 1. The van der Waals surface area contributed by atoms with Gasteiger partial charge in [-0.25, -0.2) is 4.39 Å². The first-order chi connectivity index (χ1) is 21.3. The van der Waals surface area contributed by atoms with Gasteiger partial charge in [0.15, 0.2) is 0 Å². The van der Waals surface area contributed by atoms with Gasteiger partial charge in [0.25, 0.3) is 5.56 Å².